The summed E-state index contributed by atoms with van der Waals surface area (Å²) in [4.78, 5) is 55.6. The molecule has 1 atom stereocenters. The first kappa shape index (κ1) is 23.3. The van der Waals surface area contributed by atoms with E-state index in [2.05, 4.69) is 20.3 Å². The average Bonchev–Trinajstić information content (AvgIpc) is 2.87. The predicted octanol–water partition coefficient (Wildman–Crippen LogP) is 2.28. The normalized spacial score (nSPS) is 11.8. The van der Waals surface area contributed by atoms with E-state index in [0.717, 1.165) is 5.56 Å². The van der Waals surface area contributed by atoms with Gasteiger partial charge in [-0.3, -0.25) is 14.6 Å². The van der Waals surface area contributed by atoms with Gasteiger partial charge in [-0.2, -0.15) is 0 Å². The number of aromatic nitrogens is 3. The number of pyridine rings is 1. The van der Waals surface area contributed by atoms with Crippen LogP contribution in [0.5, 0.6) is 5.75 Å². The minimum Gasteiger partial charge on any atom is -0.497 e. The molecule has 0 fully saturated rings. The highest BCUT2D eigenvalue weighted by molar-refractivity contribution is 7.54. The maximum atomic E-state index is 13.1. The molecule has 2 aromatic heterocycles. The molecule has 4 N–H and O–H groups in total. The van der Waals surface area contributed by atoms with Gasteiger partial charge in [-0.05, 0) is 47.5 Å². The van der Waals surface area contributed by atoms with Crippen molar-refractivity contribution in [3.05, 3.63) is 106 Å². The number of carbonyl (C=O) groups is 1. The SMILES string of the molecule is COc1ccc(C(NC(=O)c2cnc(-c3ccccn3)[nH]c2=O)c2ccc(P(O)O)cc2)cc1. The molecule has 4 rings (SSSR count). The number of hydrogen-bond donors (Lipinski definition) is 4. The Labute approximate surface area is 196 Å². The standard InChI is InChI=1S/C24H21N4O5P/c1-33-17-9-5-15(6-10-17)21(16-7-11-18(12-8-16)34(31)32)27-23(29)19-14-26-22(28-24(19)30)20-4-2-3-13-25-20/h2-14,21,31-32H,1H3,(H,27,29)(H,26,28,30). The van der Waals surface area contributed by atoms with Crippen LogP contribution in [0.2, 0.25) is 0 Å². The Bertz CT molecular complexity index is 1330. The molecule has 10 heteroatoms. The number of hydrogen-bond acceptors (Lipinski definition) is 7. The maximum Gasteiger partial charge on any atom is 0.264 e. The molecule has 0 aliphatic rings. The molecule has 1 amide bonds. The molecule has 4 aromatic rings. The lowest BCUT2D eigenvalue weighted by Gasteiger charge is -2.20. The molecule has 2 aromatic carbocycles. The lowest BCUT2D eigenvalue weighted by atomic mass is 9.98. The van der Waals surface area contributed by atoms with Crippen molar-refractivity contribution in [1.29, 1.82) is 0 Å². The van der Waals surface area contributed by atoms with Gasteiger partial charge in [-0.25, -0.2) is 4.98 Å². The van der Waals surface area contributed by atoms with Crippen LogP contribution < -0.4 is 20.9 Å². The van der Waals surface area contributed by atoms with Crippen molar-refractivity contribution >= 4 is 19.6 Å². The Morgan fingerprint density at radius 3 is 2.24 bits per heavy atom. The smallest absolute Gasteiger partial charge is 0.264 e. The molecule has 0 saturated heterocycles. The molecular weight excluding hydrogens is 455 g/mol. The second-order valence-electron chi connectivity index (χ2n) is 7.25. The van der Waals surface area contributed by atoms with E-state index in [1.54, 1.807) is 80.0 Å². The number of amides is 1. The minimum absolute atomic E-state index is 0.149. The summed E-state index contributed by atoms with van der Waals surface area (Å²) in [5, 5.41) is 3.26. The monoisotopic (exact) mass is 476 g/mol. The highest BCUT2D eigenvalue weighted by Gasteiger charge is 2.21. The van der Waals surface area contributed by atoms with Gasteiger partial charge in [0.25, 0.3) is 11.5 Å². The van der Waals surface area contributed by atoms with Gasteiger partial charge in [-0.1, -0.05) is 30.3 Å². The van der Waals surface area contributed by atoms with Gasteiger partial charge in [0.05, 0.1) is 13.2 Å². The van der Waals surface area contributed by atoms with Gasteiger partial charge < -0.3 is 24.8 Å². The van der Waals surface area contributed by atoms with Crippen LogP contribution in [0.15, 0.2) is 83.9 Å². The second-order valence-corrected chi connectivity index (χ2v) is 8.35. The summed E-state index contributed by atoms with van der Waals surface area (Å²) >= 11 is 0. The van der Waals surface area contributed by atoms with E-state index in [1.165, 1.54) is 6.20 Å². The molecule has 0 bridgehead atoms. The number of carbonyl (C=O) groups excluding carboxylic acids is 1. The Balaban J connectivity index is 1.65. The lowest BCUT2D eigenvalue weighted by Crippen LogP contribution is -2.33. The van der Waals surface area contributed by atoms with Gasteiger partial charge in [0.2, 0.25) is 0 Å². The molecule has 0 radical (unpaired) electrons. The topological polar surface area (TPSA) is 137 Å². The van der Waals surface area contributed by atoms with E-state index in [-0.39, 0.29) is 11.4 Å². The number of nitrogens with one attached hydrogen (secondary N) is 2. The average molecular weight is 476 g/mol. The summed E-state index contributed by atoms with van der Waals surface area (Å²) in [6, 6.07) is 18.3. The number of H-pyrrole nitrogens is 1. The number of benzene rings is 2. The highest BCUT2D eigenvalue weighted by atomic mass is 31.2. The fourth-order valence-electron chi connectivity index (χ4n) is 3.35. The number of methoxy groups -OCH3 is 1. The number of ether oxygens (including phenoxy) is 1. The lowest BCUT2D eigenvalue weighted by molar-refractivity contribution is 0.0941. The highest BCUT2D eigenvalue weighted by Crippen LogP contribution is 2.27. The van der Waals surface area contributed by atoms with E-state index >= 15 is 0 Å². The first-order valence-corrected chi connectivity index (χ1v) is 11.4. The third kappa shape index (κ3) is 5.18. The third-order valence-electron chi connectivity index (χ3n) is 5.13. The van der Waals surface area contributed by atoms with Gasteiger partial charge >= 0.3 is 0 Å². The van der Waals surface area contributed by atoms with E-state index in [9.17, 15) is 19.4 Å². The second kappa shape index (κ2) is 10.4. The van der Waals surface area contributed by atoms with Crippen molar-refractivity contribution in [2.45, 2.75) is 6.04 Å². The van der Waals surface area contributed by atoms with Crippen LogP contribution in [0.1, 0.15) is 27.5 Å². The molecule has 0 aliphatic carbocycles. The van der Waals surface area contributed by atoms with Crippen molar-refractivity contribution in [1.82, 2.24) is 20.3 Å². The summed E-state index contributed by atoms with van der Waals surface area (Å²) in [7, 11) is -0.672. The Hall–Kier alpha value is -3.91. The molecule has 0 aliphatic heterocycles. The third-order valence-corrected chi connectivity index (χ3v) is 5.89. The van der Waals surface area contributed by atoms with Crippen molar-refractivity contribution in [3.63, 3.8) is 0 Å². The van der Waals surface area contributed by atoms with Crippen LogP contribution in [-0.4, -0.2) is 37.8 Å². The van der Waals surface area contributed by atoms with Crippen molar-refractivity contribution < 1.29 is 19.3 Å². The van der Waals surface area contributed by atoms with E-state index < -0.39 is 25.9 Å². The van der Waals surface area contributed by atoms with E-state index in [4.69, 9.17) is 4.74 Å². The van der Waals surface area contributed by atoms with Crippen molar-refractivity contribution in [3.8, 4) is 17.3 Å². The largest absolute Gasteiger partial charge is 0.497 e. The zero-order valence-corrected chi connectivity index (χ0v) is 18.9. The zero-order chi connectivity index (χ0) is 24.1. The van der Waals surface area contributed by atoms with E-state index in [1.807, 2.05) is 0 Å². The van der Waals surface area contributed by atoms with Crippen LogP contribution in [0, 0.1) is 0 Å². The maximum absolute atomic E-state index is 13.1. The predicted molar refractivity (Wildman–Crippen MR) is 128 cm³/mol. The molecular formula is C24H21N4O5P. The number of rotatable bonds is 7. The van der Waals surface area contributed by atoms with Gasteiger partial charge in [0.1, 0.15) is 17.0 Å². The van der Waals surface area contributed by atoms with Crippen molar-refractivity contribution in [2.24, 2.45) is 0 Å². The summed E-state index contributed by atoms with van der Waals surface area (Å²) in [5.74, 6) is 0.299. The molecule has 9 nitrogen and oxygen atoms in total. The summed E-state index contributed by atoms with van der Waals surface area (Å²) in [6.45, 7) is 0. The zero-order valence-electron chi connectivity index (χ0n) is 18.0. The fourth-order valence-corrected chi connectivity index (χ4v) is 3.77. The molecule has 2 heterocycles. The summed E-state index contributed by atoms with van der Waals surface area (Å²) in [6.07, 6.45) is 2.80. The number of nitrogens with zero attached hydrogens (tertiary/aromatic N) is 2. The molecule has 34 heavy (non-hydrogen) atoms. The van der Waals surface area contributed by atoms with Crippen LogP contribution in [0.25, 0.3) is 11.5 Å². The Morgan fingerprint density at radius 1 is 1.00 bits per heavy atom. The summed E-state index contributed by atoms with van der Waals surface area (Å²) < 4.78 is 5.21. The van der Waals surface area contributed by atoms with Crippen LogP contribution in [-0.2, 0) is 0 Å². The number of aromatic amines is 1. The van der Waals surface area contributed by atoms with Gasteiger partial charge in [0, 0.05) is 17.7 Å². The summed E-state index contributed by atoms with van der Waals surface area (Å²) in [5.41, 5.74) is 1.17. The Kier molecular flexibility index (Phi) is 7.08. The first-order valence-electron chi connectivity index (χ1n) is 10.2. The van der Waals surface area contributed by atoms with E-state index in [0.29, 0.717) is 22.3 Å². The quantitative estimate of drug-likeness (QED) is 0.300. The van der Waals surface area contributed by atoms with Crippen LogP contribution in [0.3, 0.4) is 0 Å². The van der Waals surface area contributed by atoms with Gasteiger partial charge in [-0.15, -0.1) is 0 Å². The van der Waals surface area contributed by atoms with Gasteiger partial charge in [0.15, 0.2) is 14.2 Å². The molecule has 0 saturated carbocycles. The van der Waals surface area contributed by atoms with Crippen molar-refractivity contribution in [2.75, 3.05) is 7.11 Å². The molecule has 0 spiro atoms. The minimum atomic E-state index is -2.23. The van der Waals surface area contributed by atoms with Crippen LogP contribution in [0.4, 0.5) is 0 Å². The molecule has 1 unspecified atom stereocenters. The molecule has 172 valence electrons. The Morgan fingerprint density at radius 2 is 1.68 bits per heavy atom. The van der Waals surface area contributed by atoms with Crippen LogP contribution >= 0.6 is 8.38 Å². The first-order chi connectivity index (χ1) is 16.5. The fraction of sp³-hybridized carbons (Fsp3) is 0.0833.